The lowest BCUT2D eigenvalue weighted by atomic mass is 9.75. The largest absolute Gasteiger partial charge is 0.744 e. The highest BCUT2D eigenvalue weighted by Gasteiger charge is 2.49. The first-order chi connectivity index (χ1) is 43.4. The highest BCUT2D eigenvalue weighted by atomic mass is 32.2. The van der Waals surface area contributed by atoms with E-state index in [4.69, 9.17) is 37.9 Å². The number of hydrogen-bond donors (Lipinski definition) is 2. The molecule has 510 valence electrons. The molecule has 2 unspecified atom stereocenters. The average Bonchev–Trinajstić information content (AvgIpc) is 1.52. The van der Waals surface area contributed by atoms with E-state index in [1.165, 1.54) is 18.2 Å². The van der Waals surface area contributed by atoms with Crippen molar-refractivity contribution in [1.82, 2.24) is 0 Å². The number of rotatable bonds is 42. The summed E-state index contributed by atoms with van der Waals surface area (Å²) in [5.41, 5.74) is -0.00988. The Bertz CT molecular complexity index is 4000. The molecule has 0 radical (unpaired) electrons. The predicted molar refractivity (Wildman–Crippen MR) is 332 cm³/mol. The molecule has 0 bridgehead atoms. The third-order valence-corrected chi connectivity index (χ3v) is 19.6. The molecule has 2 aliphatic heterocycles. The van der Waals surface area contributed by atoms with E-state index in [2.05, 4.69) is 0 Å². The Labute approximate surface area is 537 Å². The lowest BCUT2D eigenvalue weighted by Gasteiger charge is -2.31. The Hall–Kier alpha value is -5.47. The number of methoxy groups -OCH3 is 2. The van der Waals surface area contributed by atoms with Crippen molar-refractivity contribution in [2.75, 3.05) is 130 Å². The molecule has 0 aromatic heterocycles. The maximum Gasteiger partial charge on any atom is 0.303 e. The van der Waals surface area contributed by atoms with E-state index >= 15 is 0 Å². The number of fused-ring (bicyclic) bond motifs is 6. The maximum absolute atomic E-state index is 12.8. The van der Waals surface area contributed by atoms with Gasteiger partial charge in [-0.3, -0.25) is 9.35 Å². The lowest BCUT2D eigenvalue weighted by Crippen LogP contribution is -2.33. The minimum atomic E-state index is -5.41. The van der Waals surface area contributed by atoms with Crippen LogP contribution in [0.5, 0.6) is 0 Å². The van der Waals surface area contributed by atoms with E-state index in [1.54, 1.807) is 74.3 Å². The molecular formula is C60H77N2O25S5-3. The molecule has 0 saturated heterocycles. The zero-order valence-corrected chi connectivity index (χ0v) is 55.4. The first-order valence-corrected chi connectivity index (χ1v) is 36.4. The Kier molecular flexibility index (Phi) is 27.7. The molecule has 2 heterocycles. The van der Waals surface area contributed by atoms with Crippen LogP contribution in [0, 0.1) is 0 Å². The van der Waals surface area contributed by atoms with Crippen molar-refractivity contribution in [3.8, 4) is 0 Å². The SMILES string of the molecule is COCCOCCOCCOCCC1(C)C(/C=C/C=C/C=C/C=C2/N(CCCCCC(=O)O)c3ccc4c(S(=O)(=O)[O-])cc(S(=O)(=O)[O-])cc4c3C2(C)CCOCCOCCOCCOC)=[N+](CCCS(=O)(=O)O)c2ccc3c(S(=O)(=O)[O-])cc(S(=O)(=O)[O-])cc3c21. The molecule has 92 heavy (non-hydrogen) atoms. The molecule has 2 atom stereocenters. The Morgan fingerprint density at radius 2 is 0.989 bits per heavy atom. The van der Waals surface area contributed by atoms with E-state index in [9.17, 15) is 74.8 Å². The standard InChI is InChI=1S/C60H80N2O25S5/c1-59(21-25-82-31-33-86-37-35-84-29-27-80-3)54(61(23-12-8-11-16-56(63)64)50-19-17-46-48(57(50)59)40-44(89(68,69)70)42-52(46)91(74,75)76)14-9-6-5-7-10-15-55-60(2,22-26-83-32-34-87-38-36-85-30-28-81-4)58-49-41-45(90(71,72)73)43-53(92(77,78)79)47(49)18-20-51(58)62(55)24-13-39-88(65,66)67/h5-7,9-10,14-15,17-20,40-43H,8,11-13,16,21-39H2,1-4H3,(H5-,63,64,65,66,67,68,69,70,71,72,73,74,75,76,77,78,79)/p-3. The molecule has 6 rings (SSSR count). The molecule has 0 fully saturated rings. The zero-order chi connectivity index (χ0) is 67.5. The summed E-state index contributed by atoms with van der Waals surface area (Å²) in [6, 6.07) is 8.80. The highest BCUT2D eigenvalue weighted by molar-refractivity contribution is 7.87. The van der Waals surface area contributed by atoms with Gasteiger partial charge in [0.05, 0.1) is 110 Å². The van der Waals surface area contributed by atoms with E-state index in [0.717, 1.165) is 12.1 Å². The van der Waals surface area contributed by atoms with Gasteiger partial charge in [0.15, 0.2) is 5.71 Å². The van der Waals surface area contributed by atoms with Crippen LogP contribution >= 0.6 is 0 Å². The van der Waals surface area contributed by atoms with Crippen LogP contribution in [0.1, 0.15) is 69.9 Å². The van der Waals surface area contributed by atoms with Gasteiger partial charge in [-0.1, -0.05) is 42.9 Å². The van der Waals surface area contributed by atoms with Gasteiger partial charge in [-0.25, -0.2) is 33.7 Å². The molecule has 0 amide bonds. The van der Waals surface area contributed by atoms with Gasteiger partial charge in [0.2, 0.25) is 5.69 Å². The van der Waals surface area contributed by atoms with Crippen LogP contribution in [0.3, 0.4) is 0 Å². The van der Waals surface area contributed by atoms with Gasteiger partial charge in [0, 0.05) is 86.7 Å². The fourth-order valence-corrected chi connectivity index (χ4v) is 14.4. The van der Waals surface area contributed by atoms with Gasteiger partial charge in [0.25, 0.3) is 10.1 Å². The second kappa shape index (κ2) is 33.8. The summed E-state index contributed by atoms with van der Waals surface area (Å²) in [4.78, 5) is 9.56. The molecule has 2 aliphatic rings. The number of carboxylic acid groups (broad SMARTS) is 1. The molecule has 4 aromatic carbocycles. The number of anilines is 1. The van der Waals surface area contributed by atoms with E-state index in [-0.39, 0.29) is 119 Å². The summed E-state index contributed by atoms with van der Waals surface area (Å²) in [6.45, 7) is 7.07. The molecule has 32 heteroatoms. The number of benzene rings is 4. The van der Waals surface area contributed by atoms with Crippen molar-refractivity contribution in [3.05, 3.63) is 108 Å². The van der Waals surface area contributed by atoms with Crippen molar-refractivity contribution in [2.45, 2.75) is 89.2 Å². The topological polar surface area (TPSA) is 401 Å². The highest BCUT2D eigenvalue weighted by Crippen LogP contribution is 2.54. The van der Waals surface area contributed by atoms with Crippen LogP contribution < -0.4 is 4.90 Å². The number of unbranched alkanes of at least 4 members (excludes halogenated alkanes) is 2. The minimum absolute atomic E-state index is 0.00211. The second-order valence-electron chi connectivity index (χ2n) is 21.8. The van der Waals surface area contributed by atoms with E-state index < -0.39 is 92.7 Å². The normalized spacial score (nSPS) is 17.9. The number of hydrogen-bond acceptors (Lipinski definition) is 24. The van der Waals surface area contributed by atoms with Gasteiger partial charge in [-0.2, -0.15) is 13.0 Å². The lowest BCUT2D eigenvalue weighted by molar-refractivity contribution is -0.437. The smallest absolute Gasteiger partial charge is 0.303 e. The van der Waals surface area contributed by atoms with E-state index in [0.29, 0.717) is 99.4 Å². The summed E-state index contributed by atoms with van der Waals surface area (Å²) in [5.74, 6) is -1.66. The summed E-state index contributed by atoms with van der Waals surface area (Å²) >= 11 is 0. The van der Waals surface area contributed by atoms with Crippen molar-refractivity contribution in [3.63, 3.8) is 0 Å². The Morgan fingerprint density at radius 3 is 1.47 bits per heavy atom. The van der Waals surface area contributed by atoms with Crippen LogP contribution in [-0.4, -0.2) is 212 Å². The van der Waals surface area contributed by atoms with Crippen LogP contribution in [0.4, 0.5) is 11.4 Å². The first-order valence-electron chi connectivity index (χ1n) is 29.2. The van der Waals surface area contributed by atoms with Crippen molar-refractivity contribution >= 4 is 95.2 Å². The van der Waals surface area contributed by atoms with Crippen LogP contribution in [0.25, 0.3) is 21.5 Å². The third kappa shape index (κ3) is 20.5. The molecule has 0 aliphatic carbocycles. The number of carbonyl (C=O) groups is 1. The third-order valence-electron chi connectivity index (χ3n) is 15.5. The van der Waals surface area contributed by atoms with Gasteiger partial charge in [0.1, 0.15) is 47.0 Å². The van der Waals surface area contributed by atoms with Crippen molar-refractivity contribution < 1.29 is 117 Å². The molecule has 2 N–H and O–H groups in total. The Morgan fingerprint density at radius 1 is 0.533 bits per heavy atom. The van der Waals surface area contributed by atoms with Gasteiger partial charge < -0.3 is 66.1 Å². The van der Waals surface area contributed by atoms with Gasteiger partial charge >= 0.3 is 5.97 Å². The number of nitrogens with zero attached hydrogens (tertiary/aromatic N) is 2. The fraction of sp³-hybridized carbons (Fsp3) is 0.500. The second-order valence-corrected chi connectivity index (χ2v) is 28.8. The number of ether oxygens (including phenoxy) is 8. The predicted octanol–water partition coefficient (Wildman–Crippen LogP) is 5.39. The molecular weight excluding hydrogens is 1310 g/mol. The summed E-state index contributed by atoms with van der Waals surface area (Å²) < 4.78 is 232. The number of aliphatic carboxylic acids is 1. The first kappa shape index (κ1) is 75.6. The quantitative estimate of drug-likeness (QED) is 0.0243. The van der Waals surface area contributed by atoms with Crippen molar-refractivity contribution in [2.24, 2.45) is 0 Å². The summed E-state index contributed by atoms with van der Waals surface area (Å²) in [6.07, 6.45) is 12.9. The monoisotopic (exact) mass is 1390 g/mol. The maximum atomic E-state index is 12.8. The van der Waals surface area contributed by atoms with Gasteiger partial charge in [-0.15, -0.1) is 0 Å². The summed E-state index contributed by atoms with van der Waals surface area (Å²) in [5, 5.41) is 8.98. The molecule has 27 nitrogen and oxygen atoms in total. The van der Waals surface area contributed by atoms with Gasteiger partial charge in [-0.05, 0) is 104 Å². The minimum Gasteiger partial charge on any atom is -0.744 e. The molecule has 4 aromatic rings. The Balaban J connectivity index is 1.43. The number of carboxylic acids is 1. The number of allylic oxidation sites excluding steroid dienone is 8. The van der Waals surface area contributed by atoms with Crippen LogP contribution in [0.2, 0.25) is 0 Å². The van der Waals surface area contributed by atoms with E-state index in [1.807, 2.05) is 11.8 Å². The summed E-state index contributed by atoms with van der Waals surface area (Å²) in [7, 11) is -22.9. The van der Waals surface area contributed by atoms with Crippen LogP contribution in [-0.2, 0) is 104 Å². The average molecular weight is 1390 g/mol. The van der Waals surface area contributed by atoms with Crippen molar-refractivity contribution in [1.29, 1.82) is 0 Å². The zero-order valence-electron chi connectivity index (χ0n) is 51.4. The fourth-order valence-electron chi connectivity index (χ4n) is 11.2. The molecule has 0 spiro atoms. The van der Waals surface area contributed by atoms with Crippen LogP contribution in [0.15, 0.2) is 116 Å². The molecule has 0 saturated carbocycles.